The third-order valence-electron chi connectivity index (χ3n) is 4.54. The van der Waals surface area contributed by atoms with Gasteiger partial charge < -0.3 is 15.2 Å². The van der Waals surface area contributed by atoms with Crippen LogP contribution in [0.15, 0.2) is 53.7 Å². The molecule has 1 heterocycles. The molecule has 2 aromatic carbocycles. The van der Waals surface area contributed by atoms with Gasteiger partial charge in [-0.3, -0.25) is 9.59 Å². The summed E-state index contributed by atoms with van der Waals surface area (Å²) in [6, 6.07) is 15.3. The summed E-state index contributed by atoms with van der Waals surface area (Å²) >= 11 is 1.32. The highest BCUT2D eigenvalue weighted by atomic mass is 32.2. The second-order valence-electron chi connectivity index (χ2n) is 6.74. The molecule has 0 atom stereocenters. The van der Waals surface area contributed by atoms with Gasteiger partial charge in [0.05, 0.1) is 5.75 Å². The Bertz CT molecular complexity index is 1030. The molecule has 0 saturated heterocycles. The normalized spacial score (nSPS) is 10.6. The Kier molecular flexibility index (Phi) is 7.24. The van der Waals surface area contributed by atoms with Crippen molar-refractivity contribution in [3.63, 3.8) is 0 Å². The zero-order valence-electron chi connectivity index (χ0n) is 17.3. The molecule has 1 aromatic heterocycles. The van der Waals surface area contributed by atoms with E-state index in [9.17, 15) is 9.59 Å². The van der Waals surface area contributed by atoms with Crippen LogP contribution in [-0.2, 0) is 23.1 Å². The summed E-state index contributed by atoms with van der Waals surface area (Å²) < 4.78 is 1.84. The fourth-order valence-electron chi connectivity index (χ4n) is 2.83. The molecule has 0 fully saturated rings. The Morgan fingerprint density at radius 1 is 0.967 bits per heavy atom. The second-order valence-corrected chi connectivity index (χ2v) is 7.68. The van der Waals surface area contributed by atoms with E-state index in [1.807, 2.05) is 67.1 Å². The zero-order chi connectivity index (χ0) is 21.5. The number of hydrogen-bond donors (Lipinski definition) is 2. The number of benzene rings is 2. The van der Waals surface area contributed by atoms with Crippen LogP contribution >= 0.6 is 11.8 Å². The molecule has 2 amide bonds. The van der Waals surface area contributed by atoms with Crippen molar-refractivity contribution >= 4 is 35.0 Å². The van der Waals surface area contributed by atoms with Gasteiger partial charge in [-0.25, -0.2) is 0 Å². The number of rotatable bonds is 8. The molecule has 8 heteroatoms. The summed E-state index contributed by atoms with van der Waals surface area (Å²) in [5, 5.41) is 14.8. The van der Waals surface area contributed by atoms with Crippen LogP contribution in [0.4, 0.5) is 11.4 Å². The van der Waals surface area contributed by atoms with Crippen LogP contribution in [0.5, 0.6) is 0 Å². The second kappa shape index (κ2) is 10.1. The van der Waals surface area contributed by atoms with Gasteiger partial charge in [0.2, 0.25) is 11.8 Å². The molecule has 0 unspecified atom stereocenters. The van der Waals surface area contributed by atoms with Crippen molar-refractivity contribution in [3.05, 3.63) is 54.1 Å². The van der Waals surface area contributed by atoms with Gasteiger partial charge in [-0.2, -0.15) is 0 Å². The lowest BCUT2D eigenvalue weighted by Gasteiger charge is -2.08. The number of thioether (sulfide) groups is 1. The molecule has 3 rings (SSSR count). The number of hydrogen-bond acceptors (Lipinski definition) is 5. The molecule has 30 heavy (non-hydrogen) atoms. The van der Waals surface area contributed by atoms with Crippen molar-refractivity contribution in [3.8, 4) is 11.4 Å². The Hall–Kier alpha value is -3.13. The third-order valence-corrected chi connectivity index (χ3v) is 5.56. The lowest BCUT2D eigenvalue weighted by atomic mass is 10.1. The molecule has 7 nitrogen and oxygen atoms in total. The van der Waals surface area contributed by atoms with Crippen LogP contribution in [-0.4, -0.2) is 32.3 Å². The number of aromatic nitrogens is 3. The highest BCUT2D eigenvalue weighted by Crippen LogP contribution is 2.25. The molecular weight excluding hydrogens is 398 g/mol. The smallest absolute Gasteiger partial charge is 0.234 e. The maximum absolute atomic E-state index is 12.3. The fourth-order valence-corrected chi connectivity index (χ4v) is 3.54. The topological polar surface area (TPSA) is 88.9 Å². The summed E-state index contributed by atoms with van der Waals surface area (Å²) in [5.41, 5.74) is 3.56. The van der Waals surface area contributed by atoms with Crippen molar-refractivity contribution < 1.29 is 9.59 Å². The first-order chi connectivity index (χ1) is 14.5. The summed E-state index contributed by atoms with van der Waals surface area (Å²) in [6.45, 7) is 3.90. The molecule has 0 saturated carbocycles. The van der Waals surface area contributed by atoms with E-state index in [-0.39, 0.29) is 17.6 Å². The fraction of sp³-hybridized carbons (Fsp3) is 0.273. The van der Waals surface area contributed by atoms with Crippen molar-refractivity contribution in [1.29, 1.82) is 0 Å². The molecule has 0 bridgehead atoms. The Morgan fingerprint density at radius 2 is 1.70 bits per heavy atom. The van der Waals surface area contributed by atoms with Gasteiger partial charge in [0.1, 0.15) is 0 Å². The predicted molar refractivity (Wildman–Crippen MR) is 121 cm³/mol. The molecule has 0 radical (unpaired) electrons. The van der Waals surface area contributed by atoms with E-state index < -0.39 is 0 Å². The quantitative estimate of drug-likeness (QED) is 0.532. The average molecular weight is 424 g/mol. The van der Waals surface area contributed by atoms with Crippen LogP contribution in [0.1, 0.15) is 25.8 Å². The van der Waals surface area contributed by atoms with Crippen LogP contribution < -0.4 is 10.6 Å². The van der Waals surface area contributed by atoms with Gasteiger partial charge in [0, 0.05) is 30.4 Å². The Balaban J connectivity index is 1.63. The maximum atomic E-state index is 12.3. The van der Waals surface area contributed by atoms with E-state index in [4.69, 9.17) is 0 Å². The van der Waals surface area contributed by atoms with Crippen molar-refractivity contribution in [2.24, 2.45) is 7.05 Å². The zero-order valence-corrected chi connectivity index (χ0v) is 18.1. The number of amides is 2. The first kappa shape index (κ1) is 21.6. The van der Waals surface area contributed by atoms with E-state index in [1.165, 1.54) is 17.3 Å². The number of carbonyl (C=O) groups is 2. The molecule has 0 spiro atoms. The van der Waals surface area contributed by atoms with Crippen LogP contribution in [0.2, 0.25) is 0 Å². The Morgan fingerprint density at radius 3 is 2.40 bits per heavy atom. The minimum atomic E-state index is -0.0990. The standard InChI is InChI=1S/C22H25N5O2S/c1-4-15-9-11-17(12-10-15)23-20(29)14-30-22-26-25-21(27(22)3)16-7-6-8-18(13-16)24-19(28)5-2/h6-13H,4-5,14H2,1-3H3,(H,23,29)(H,24,28). The van der Waals surface area contributed by atoms with Crippen LogP contribution in [0, 0.1) is 0 Å². The molecule has 156 valence electrons. The molecule has 0 aliphatic heterocycles. The number of anilines is 2. The van der Waals surface area contributed by atoms with Crippen LogP contribution in [0.3, 0.4) is 0 Å². The van der Waals surface area contributed by atoms with Gasteiger partial charge in [-0.15, -0.1) is 10.2 Å². The largest absolute Gasteiger partial charge is 0.326 e. The van der Waals surface area contributed by atoms with Crippen LogP contribution in [0.25, 0.3) is 11.4 Å². The minimum Gasteiger partial charge on any atom is -0.326 e. The summed E-state index contributed by atoms with van der Waals surface area (Å²) in [7, 11) is 1.86. The first-order valence-electron chi connectivity index (χ1n) is 9.81. The van der Waals surface area contributed by atoms with Gasteiger partial charge in [-0.05, 0) is 36.2 Å². The van der Waals surface area contributed by atoms with Gasteiger partial charge in [0.15, 0.2) is 11.0 Å². The Labute approximate surface area is 180 Å². The van der Waals surface area contributed by atoms with Crippen molar-refractivity contribution in [1.82, 2.24) is 14.8 Å². The van der Waals surface area contributed by atoms with Crippen molar-refractivity contribution in [2.45, 2.75) is 31.8 Å². The number of nitrogens with zero attached hydrogens (tertiary/aromatic N) is 3. The number of aryl methyl sites for hydroxylation is 1. The van der Waals surface area contributed by atoms with E-state index in [2.05, 4.69) is 27.8 Å². The third kappa shape index (κ3) is 5.48. The number of nitrogens with one attached hydrogen (secondary N) is 2. The summed E-state index contributed by atoms with van der Waals surface area (Å²) in [4.78, 5) is 23.9. The lowest BCUT2D eigenvalue weighted by Crippen LogP contribution is -2.14. The molecule has 3 aromatic rings. The summed E-state index contributed by atoms with van der Waals surface area (Å²) in [6.07, 6.45) is 1.38. The van der Waals surface area contributed by atoms with E-state index >= 15 is 0 Å². The molecular formula is C22H25N5O2S. The van der Waals surface area contributed by atoms with E-state index in [0.29, 0.717) is 23.1 Å². The molecule has 2 N–H and O–H groups in total. The minimum absolute atomic E-state index is 0.0447. The van der Waals surface area contributed by atoms with Gasteiger partial charge >= 0.3 is 0 Å². The first-order valence-corrected chi connectivity index (χ1v) is 10.8. The van der Waals surface area contributed by atoms with E-state index in [1.54, 1.807) is 0 Å². The SMILES string of the molecule is CCC(=O)Nc1cccc(-c2nnc(SCC(=O)Nc3ccc(CC)cc3)n2C)c1. The monoisotopic (exact) mass is 423 g/mol. The number of carbonyl (C=O) groups excluding carboxylic acids is 2. The molecule has 0 aliphatic carbocycles. The maximum Gasteiger partial charge on any atom is 0.234 e. The highest BCUT2D eigenvalue weighted by molar-refractivity contribution is 7.99. The summed E-state index contributed by atoms with van der Waals surface area (Å²) in [5.74, 6) is 0.754. The van der Waals surface area contributed by atoms with Gasteiger partial charge in [-0.1, -0.05) is 49.9 Å². The van der Waals surface area contributed by atoms with E-state index in [0.717, 1.165) is 17.7 Å². The lowest BCUT2D eigenvalue weighted by molar-refractivity contribution is -0.116. The van der Waals surface area contributed by atoms with Crippen molar-refractivity contribution in [2.75, 3.05) is 16.4 Å². The molecule has 0 aliphatic rings. The van der Waals surface area contributed by atoms with Gasteiger partial charge in [0.25, 0.3) is 0 Å². The predicted octanol–water partition coefficient (Wildman–Crippen LogP) is 4.12. The highest BCUT2D eigenvalue weighted by Gasteiger charge is 2.14. The average Bonchev–Trinajstić information content (AvgIpc) is 3.13.